The summed E-state index contributed by atoms with van der Waals surface area (Å²) in [5.74, 6) is -1.65. The molecule has 0 saturated heterocycles. The van der Waals surface area contributed by atoms with Gasteiger partial charge in [-0.25, -0.2) is 0 Å². The molecule has 0 N–H and O–H groups in total. The van der Waals surface area contributed by atoms with E-state index in [1.807, 2.05) is 0 Å². The van der Waals surface area contributed by atoms with Gasteiger partial charge in [0.1, 0.15) is 5.69 Å². The molecule has 35 heavy (non-hydrogen) atoms. The van der Waals surface area contributed by atoms with Crippen LogP contribution >= 0.6 is 23.2 Å². The van der Waals surface area contributed by atoms with Crippen molar-refractivity contribution in [3.63, 3.8) is 0 Å². The van der Waals surface area contributed by atoms with Gasteiger partial charge >= 0.3 is 6.18 Å². The third kappa shape index (κ3) is 4.28. The summed E-state index contributed by atoms with van der Waals surface area (Å²) in [6.45, 7) is -0.247. The summed E-state index contributed by atoms with van der Waals surface area (Å²) in [5, 5.41) is 8.16. The third-order valence-corrected chi connectivity index (χ3v) is 5.92. The molecule has 0 fully saturated rings. The molecule has 5 aromatic rings. The Morgan fingerprint density at radius 2 is 1.83 bits per heavy atom. The van der Waals surface area contributed by atoms with Crippen molar-refractivity contribution in [2.24, 2.45) is 0 Å². The van der Waals surface area contributed by atoms with Gasteiger partial charge in [-0.05, 0) is 35.9 Å². The minimum atomic E-state index is -4.88. The van der Waals surface area contributed by atoms with Gasteiger partial charge in [0.2, 0.25) is 5.89 Å². The van der Waals surface area contributed by atoms with Crippen LogP contribution in [0.25, 0.3) is 22.4 Å². The molecule has 0 aliphatic rings. The second-order valence-electron chi connectivity index (χ2n) is 7.54. The Bertz CT molecular complexity index is 1560. The van der Waals surface area contributed by atoms with E-state index in [0.717, 1.165) is 4.57 Å². The lowest BCUT2D eigenvalue weighted by Gasteiger charge is -2.15. The summed E-state index contributed by atoms with van der Waals surface area (Å²) in [4.78, 5) is 17.3. The molecule has 2 aromatic carbocycles. The van der Waals surface area contributed by atoms with Crippen molar-refractivity contribution in [2.45, 2.75) is 12.7 Å². The number of ketones is 1. The van der Waals surface area contributed by atoms with Crippen LogP contribution in [0.4, 0.5) is 13.2 Å². The number of alkyl halides is 3. The highest BCUT2D eigenvalue weighted by atomic mass is 35.5. The maximum atomic E-state index is 14.5. The number of hydrogen-bond donors (Lipinski definition) is 0. The third-order valence-electron chi connectivity index (χ3n) is 5.34. The number of rotatable bonds is 5. The molecule has 0 atom stereocenters. The number of hydrogen-bond acceptors (Lipinski definition) is 5. The van der Waals surface area contributed by atoms with Crippen molar-refractivity contribution in [1.29, 1.82) is 0 Å². The van der Waals surface area contributed by atoms with Crippen molar-refractivity contribution >= 4 is 39.9 Å². The smallest absolute Gasteiger partial charge is 0.413 e. The molecule has 0 spiro atoms. The second kappa shape index (κ2) is 8.83. The molecule has 0 radical (unpaired) electrons. The number of benzene rings is 2. The predicted octanol–water partition coefficient (Wildman–Crippen LogP) is 6.69. The summed E-state index contributed by atoms with van der Waals surface area (Å²) in [6, 6.07) is 13.8. The Morgan fingerprint density at radius 1 is 1.03 bits per heavy atom. The van der Waals surface area contributed by atoms with E-state index in [4.69, 9.17) is 27.6 Å². The lowest BCUT2D eigenvalue weighted by Crippen LogP contribution is -2.19. The fraction of sp³-hybridized carbons (Fsp3) is 0.0833. The van der Waals surface area contributed by atoms with Gasteiger partial charge in [0.05, 0.1) is 11.1 Å². The number of pyridine rings is 1. The molecule has 0 saturated carbocycles. The normalized spacial score (nSPS) is 11.8. The van der Waals surface area contributed by atoms with Crippen molar-refractivity contribution < 1.29 is 22.4 Å². The van der Waals surface area contributed by atoms with Crippen molar-refractivity contribution in [2.75, 3.05) is 0 Å². The van der Waals surface area contributed by atoms with E-state index in [2.05, 4.69) is 15.2 Å². The summed E-state index contributed by atoms with van der Waals surface area (Å²) in [7, 11) is 0. The zero-order chi connectivity index (χ0) is 24.7. The molecule has 0 aliphatic heterocycles. The molecular formula is C24H13Cl2F3N4O2. The first-order valence-electron chi connectivity index (χ1n) is 10.1. The van der Waals surface area contributed by atoms with Crippen LogP contribution in [-0.4, -0.2) is 25.5 Å². The molecule has 0 aliphatic carbocycles. The SMILES string of the molecule is O=C(c1nnc(-c2cccnc2)o1)c1c(C(F)(F)F)n(Cc2ccc(Cl)cc2Cl)c2ccccc12. The summed E-state index contributed by atoms with van der Waals surface area (Å²) < 4.78 is 49.8. The maximum Gasteiger partial charge on any atom is 0.432 e. The van der Waals surface area contributed by atoms with E-state index in [9.17, 15) is 18.0 Å². The predicted molar refractivity (Wildman–Crippen MR) is 123 cm³/mol. The van der Waals surface area contributed by atoms with E-state index in [1.165, 1.54) is 36.7 Å². The Kier molecular flexibility index (Phi) is 5.82. The Labute approximate surface area is 205 Å². The summed E-state index contributed by atoms with van der Waals surface area (Å²) >= 11 is 12.2. The van der Waals surface area contributed by atoms with Crippen LogP contribution in [0.3, 0.4) is 0 Å². The minimum Gasteiger partial charge on any atom is -0.413 e. The van der Waals surface area contributed by atoms with Crippen LogP contribution in [0.15, 0.2) is 71.4 Å². The first-order chi connectivity index (χ1) is 16.7. The molecule has 6 nitrogen and oxygen atoms in total. The second-order valence-corrected chi connectivity index (χ2v) is 8.39. The quantitative estimate of drug-likeness (QED) is 0.243. The topological polar surface area (TPSA) is 73.8 Å². The molecule has 0 bridgehead atoms. The number of carbonyl (C=O) groups excluding carboxylic acids is 1. The Morgan fingerprint density at radius 3 is 2.54 bits per heavy atom. The molecule has 0 amide bonds. The molecule has 3 heterocycles. The van der Waals surface area contributed by atoms with Gasteiger partial charge in [-0.1, -0.05) is 47.5 Å². The maximum absolute atomic E-state index is 14.5. The Hall–Kier alpha value is -3.69. The number of aromatic nitrogens is 4. The fourth-order valence-electron chi connectivity index (χ4n) is 3.84. The first-order valence-corrected chi connectivity index (χ1v) is 10.9. The standard InChI is InChI=1S/C24H13Cl2F3N4O2/c25-15-8-7-14(17(26)10-15)12-33-18-6-2-1-5-16(18)19(21(33)24(27,28)29)20(34)23-32-31-22(35-23)13-4-3-9-30-11-13/h1-11H,12H2. The first kappa shape index (κ1) is 23.1. The van der Waals surface area contributed by atoms with E-state index in [0.29, 0.717) is 16.1 Å². The number of carbonyl (C=O) groups is 1. The molecule has 3 aromatic heterocycles. The average Bonchev–Trinajstić information content (AvgIpc) is 3.45. The van der Waals surface area contributed by atoms with Crippen LogP contribution in [0.5, 0.6) is 0 Å². The highest BCUT2D eigenvalue weighted by Gasteiger charge is 2.42. The highest BCUT2D eigenvalue weighted by Crippen LogP contribution is 2.40. The van der Waals surface area contributed by atoms with Crippen molar-refractivity contribution in [1.82, 2.24) is 19.7 Å². The molecule has 0 unspecified atom stereocenters. The van der Waals surface area contributed by atoms with Gasteiger partial charge in [0.15, 0.2) is 0 Å². The molecule has 176 valence electrons. The Balaban J connectivity index is 1.68. The van der Waals surface area contributed by atoms with Gasteiger partial charge in [0.25, 0.3) is 11.7 Å². The largest absolute Gasteiger partial charge is 0.432 e. The number of nitrogens with zero attached hydrogens (tertiary/aromatic N) is 4. The van der Waals surface area contributed by atoms with Crippen molar-refractivity contribution in [3.8, 4) is 11.5 Å². The van der Waals surface area contributed by atoms with Crippen LogP contribution < -0.4 is 0 Å². The number of halogens is 5. The van der Waals surface area contributed by atoms with Crippen LogP contribution in [0, 0.1) is 0 Å². The fourth-order valence-corrected chi connectivity index (χ4v) is 4.31. The summed E-state index contributed by atoms with van der Waals surface area (Å²) in [6.07, 6.45) is -1.91. The highest BCUT2D eigenvalue weighted by molar-refractivity contribution is 6.35. The number of para-hydroxylation sites is 1. The molecule has 11 heteroatoms. The molecule has 5 rings (SSSR count). The van der Waals surface area contributed by atoms with Gasteiger partial charge in [-0.2, -0.15) is 13.2 Å². The van der Waals surface area contributed by atoms with Gasteiger partial charge in [-0.15, -0.1) is 10.2 Å². The van der Waals surface area contributed by atoms with Gasteiger partial charge < -0.3 is 8.98 Å². The van der Waals surface area contributed by atoms with E-state index < -0.39 is 29.1 Å². The van der Waals surface area contributed by atoms with Gasteiger partial charge in [0, 0.05) is 39.9 Å². The van der Waals surface area contributed by atoms with Crippen LogP contribution in [-0.2, 0) is 12.7 Å². The number of fused-ring (bicyclic) bond motifs is 1. The minimum absolute atomic E-state index is 0.0355. The zero-order valence-electron chi connectivity index (χ0n) is 17.6. The average molecular weight is 517 g/mol. The monoisotopic (exact) mass is 516 g/mol. The lowest BCUT2D eigenvalue weighted by molar-refractivity contribution is -0.143. The van der Waals surface area contributed by atoms with E-state index >= 15 is 0 Å². The van der Waals surface area contributed by atoms with Crippen molar-refractivity contribution in [3.05, 3.63) is 99.7 Å². The van der Waals surface area contributed by atoms with Crippen LogP contribution in [0.1, 0.15) is 27.5 Å². The zero-order valence-corrected chi connectivity index (χ0v) is 19.1. The van der Waals surface area contributed by atoms with E-state index in [1.54, 1.807) is 30.3 Å². The molecular weight excluding hydrogens is 504 g/mol. The van der Waals surface area contributed by atoms with Gasteiger partial charge in [-0.3, -0.25) is 9.78 Å². The van der Waals surface area contributed by atoms with E-state index in [-0.39, 0.29) is 28.4 Å². The lowest BCUT2D eigenvalue weighted by atomic mass is 10.1. The summed E-state index contributed by atoms with van der Waals surface area (Å²) in [5.41, 5.74) is -0.704. The van der Waals surface area contributed by atoms with Crippen LogP contribution in [0.2, 0.25) is 10.0 Å².